The topological polar surface area (TPSA) is 63.4 Å². The first-order valence-electron chi connectivity index (χ1n) is 4.45. The highest BCUT2D eigenvalue weighted by Gasteiger charge is 2.12. The molecule has 2 atom stereocenters. The quantitative estimate of drug-likeness (QED) is 0.593. The average molecular weight is 195 g/mol. The lowest BCUT2D eigenvalue weighted by Crippen LogP contribution is -2.10. The molecule has 1 aromatic rings. The van der Waals surface area contributed by atoms with Crippen LogP contribution in [0.4, 0.5) is 5.69 Å². The van der Waals surface area contributed by atoms with Gasteiger partial charge in [-0.25, -0.2) is 0 Å². The van der Waals surface area contributed by atoms with E-state index in [2.05, 4.69) is 0 Å². The molecule has 0 aromatic heterocycles. The van der Waals surface area contributed by atoms with Crippen molar-refractivity contribution >= 4 is 5.69 Å². The zero-order valence-electron chi connectivity index (χ0n) is 8.18. The Bertz CT molecular complexity index is 319. The van der Waals surface area contributed by atoms with E-state index in [-0.39, 0.29) is 11.6 Å². The second kappa shape index (κ2) is 4.19. The summed E-state index contributed by atoms with van der Waals surface area (Å²) in [6.07, 6.45) is -0.448. The first-order valence-corrected chi connectivity index (χ1v) is 4.45. The second-order valence-corrected chi connectivity index (χ2v) is 3.38. The van der Waals surface area contributed by atoms with Crippen molar-refractivity contribution in [2.75, 3.05) is 0 Å². The molecule has 1 aromatic carbocycles. The molecule has 4 nitrogen and oxygen atoms in total. The molecule has 0 radical (unpaired) electrons. The number of nitrogens with zero attached hydrogens (tertiary/aromatic N) is 1. The Morgan fingerprint density at radius 2 is 1.79 bits per heavy atom. The number of aliphatic hydroxyl groups excluding tert-OH is 1. The summed E-state index contributed by atoms with van der Waals surface area (Å²) in [5, 5.41) is 19.7. The summed E-state index contributed by atoms with van der Waals surface area (Å²) in [6, 6.07) is 6.26. The third-order valence-corrected chi connectivity index (χ3v) is 2.35. The number of hydrogen-bond donors (Lipinski definition) is 1. The van der Waals surface area contributed by atoms with Gasteiger partial charge in [-0.15, -0.1) is 0 Å². The van der Waals surface area contributed by atoms with E-state index in [0.29, 0.717) is 0 Å². The summed E-state index contributed by atoms with van der Waals surface area (Å²) in [7, 11) is 0. The molecular weight excluding hydrogens is 182 g/mol. The Hall–Kier alpha value is -1.42. The number of hydrogen-bond acceptors (Lipinski definition) is 3. The van der Waals surface area contributed by atoms with Crippen LogP contribution in [0.15, 0.2) is 24.3 Å². The highest BCUT2D eigenvalue weighted by molar-refractivity contribution is 5.34. The Morgan fingerprint density at radius 3 is 2.14 bits per heavy atom. The van der Waals surface area contributed by atoms with Crippen molar-refractivity contribution in [3.8, 4) is 0 Å². The van der Waals surface area contributed by atoms with Gasteiger partial charge >= 0.3 is 0 Å². The van der Waals surface area contributed by atoms with Crippen molar-refractivity contribution in [1.29, 1.82) is 0 Å². The van der Waals surface area contributed by atoms with Gasteiger partial charge in [0.15, 0.2) is 0 Å². The fourth-order valence-electron chi connectivity index (χ4n) is 1.18. The normalized spacial score (nSPS) is 14.8. The van der Waals surface area contributed by atoms with Crippen LogP contribution >= 0.6 is 0 Å². The largest absolute Gasteiger partial charge is 0.393 e. The standard InChI is InChI=1S/C10H13NO3/c1-7(8(2)12)9-3-5-10(6-4-9)11(13)14/h3-8,12H,1-2H3/t7-,8+/m1/s1. The summed E-state index contributed by atoms with van der Waals surface area (Å²) in [6.45, 7) is 3.58. The van der Waals surface area contributed by atoms with Gasteiger partial charge in [0.2, 0.25) is 0 Å². The van der Waals surface area contributed by atoms with Gasteiger partial charge in [0.25, 0.3) is 5.69 Å². The highest BCUT2D eigenvalue weighted by Crippen LogP contribution is 2.21. The maximum Gasteiger partial charge on any atom is 0.269 e. The van der Waals surface area contributed by atoms with Crippen molar-refractivity contribution < 1.29 is 10.0 Å². The van der Waals surface area contributed by atoms with Crippen LogP contribution in [-0.4, -0.2) is 16.1 Å². The summed E-state index contributed by atoms with van der Waals surface area (Å²) < 4.78 is 0. The monoisotopic (exact) mass is 195 g/mol. The van der Waals surface area contributed by atoms with Gasteiger partial charge in [0.1, 0.15) is 0 Å². The van der Waals surface area contributed by atoms with Gasteiger partial charge in [-0.3, -0.25) is 10.1 Å². The third-order valence-electron chi connectivity index (χ3n) is 2.35. The van der Waals surface area contributed by atoms with Gasteiger partial charge in [0, 0.05) is 18.1 Å². The van der Waals surface area contributed by atoms with E-state index in [9.17, 15) is 15.2 Å². The number of rotatable bonds is 3. The minimum absolute atomic E-state index is 0.00389. The Labute approximate surface area is 82.3 Å². The van der Waals surface area contributed by atoms with Crippen molar-refractivity contribution in [3.05, 3.63) is 39.9 Å². The second-order valence-electron chi connectivity index (χ2n) is 3.38. The molecule has 0 unspecified atom stereocenters. The summed E-state index contributed by atoms with van der Waals surface area (Å²) >= 11 is 0. The molecule has 0 saturated carbocycles. The van der Waals surface area contributed by atoms with E-state index >= 15 is 0 Å². The van der Waals surface area contributed by atoms with E-state index in [0.717, 1.165) is 5.56 Å². The first-order chi connectivity index (χ1) is 6.52. The van der Waals surface area contributed by atoms with E-state index in [1.54, 1.807) is 19.1 Å². The smallest absolute Gasteiger partial charge is 0.269 e. The van der Waals surface area contributed by atoms with Crippen LogP contribution in [0, 0.1) is 10.1 Å². The lowest BCUT2D eigenvalue weighted by molar-refractivity contribution is -0.384. The van der Waals surface area contributed by atoms with Crippen LogP contribution in [-0.2, 0) is 0 Å². The van der Waals surface area contributed by atoms with Crippen molar-refractivity contribution in [2.45, 2.75) is 25.9 Å². The molecule has 0 spiro atoms. The average Bonchev–Trinajstić information content (AvgIpc) is 2.16. The molecular formula is C10H13NO3. The number of aliphatic hydroxyl groups is 1. The SMILES string of the molecule is C[C@H](O)[C@@H](C)c1ccc([N+](=O)[O-])cc1. The van der Waals surface area contributed by atoms with E-state index < -0.39 is 11.0 Å². The molecule has 76 valence electrons. The highest BCUT2D eigenvalue weighted by atomic mass is 16.6. The molecule has 0 saturated heterocycles. The van der Waals surface area contributed by atoms with Crippen LogP contribution in [0.1, 0.15) is 25.3 Å². The molecule has 4 heteroatoms. The Kier molecular flexibility index (Phi) is 3.19. The molecule has 0 aliphatic carbocycles. The van der Waals surface area contributed by atoms with Gasteiger partial charge in [0.05, 0.1) is 11.0 Å². The fraction of sp³-hybridized carbons (Fsp3) is 0.400. The minimum atomic E-state index is -0.448. The van der Waals surface area contributed by atoms with E-state index in [1.807, 2.05) is 6.92 Å². The molecule has 0 aliphatic rings. The number of nitro groups is 1. The molecule has 1 rings (SSSR count). The van der Waals surface area contributed by atoms with Crippen LogP contribution in [0.2, 0.25) is 0 Å². The molecule has 0 aliphatic heterocycles. The Morgan fingerprint density at radius 1 is 1.29 bits per heavy atom. The summed E-state index contributed by atoms with van der Waals surface area (Å²) in [5.74, 6) is -0.00389. The maximum absolute atomic E-state index is 10.4. The molecule has 14 heavy (non-hydrogen) atoms. The lowest BCUT2D eigenvalue weighted by atomic mass is 9.96. The number of non-ortho nitro benzene ring substituents is 1. The van der Waals surface area contributed by atoms with Crippen molar-refractivity contribution in [2.24, 2.45) is 0 Å². The fourth-order valence-corrected chi connectivity index (χ4v) is 1.18. The summed E-state index contributed by atoms with van der Waals surface area (Å²) in [5.41, 5.74) is 0.983. The van der Waals surface area contributed by atoms with Crippen LogP contribution in [0.25, 0.3) is 0 Å². The third kappa shape index (κ3) is 2.29. The number of benzene rings is 1. The first kappa shape index (κ1) is 10.7. The van der Waals surface area contributed by atoms with Crippen LogP contribution in [0.5, 0.6) is 0 Å². The van der Waals surface area contributed by atoms with Crippen molar-refractivity contribution in [3.63, 3.8) is 0 Å². The van der Waals surface area contributed by atoms with Crippen LogP contribution < -0.4 is 0 Å². The van der Waals surface area contributed by atoms with Gasteiger partial charge in [-0.2, -0.15) is 0 Å². The van der Waals surface area contributed by atoms with Gasteiger partial charge in [-0.05, 0) is 12.5 Å². The minimum Gasteiger partial charge on any atom is -0.393 e. The molecule has 0 bridgehead atoms. The molecule has 0 heterocycles. The zero-order valence-corrected chi connectivity index (χ0v) is 8.18. The van der Waals surface area contributed by atoms with Gasteiger partial charge < -0.3 is 5.11 Å². The molecule has 1 N–H and O–H groups in total. The zero-order chi connectivity index (χ0) is 10.7. The van der Waals surface area contributed by atoms with E-state index in [1.165, 1.54) is 12.1 Å². The Balaban J connectivity index is 2.88. The molecule has 0 fully saturated rings. The van der Waals surface area contributed by atoms with Gasteiger partial charge in [-0.1, -0.05) is 19.1 Å². The lowest BCUT2D eigenvalue weighted by Gasteiger charge is -2.14. The summed E-state index contributed by atoms with van der Waals surface area (Å²) in [4.78, 5) is 9.94. The number of nitro benzene ring substituents is 1. The van der Waals surface area contributed by atoms with Crippen LogP contribution in [0.3, 0.4) is 0 Å². The predicted molar refractivity (Wildman–Crippen MR) is 53.2 cm³/mol. The van der Waals surface area contributed by atoms with E-state index in [4.69, 9.17) is 0 Å². The predicted octanol–water partition coefficient (Wildman–Crippen LogP) is 2.08. The maximum atomic E-state index is 10.4. The van der Waals surface area contributed by atoms with Crippen molar-refractivity contribution in [1.82, 2.24) is 0 Å². The molecule has 0 amide bonds.